The first-order valence-corrected chi connectivity index (χ1v) is 9.40. The van der Waals surface area contributed by atoms with Gasteiger partial charge < -0.3 is 15.4 Å². The Balaban J connectivity index is 1.86. The molecule has 2 heterocycles. The molecule has 0 radical (unpaired) electrons. The van der Waals surface area contributed by atoms with Crippen LogP contribution < -0.4 is 15.4 Å². The third kappa shape index (κ3) is 5.15. The molecule has 0 saturated carbocycles. The van der Waals surface area contributed by atoms with Gasteiger partial charge in [-0.2, -0.15) is 18.2 Å². The van der Waals surface area contributed by atoms with Crippen LogP contribution in [0.5, 0.6) is 5.88 Å². The topological polar surface area (TPSA) is 76.1 Å². The van der Waals surface area contributed by atoms with Gasteiger partial charge >= 0.3 is 6.18 Å². The van der Waals surface area contributed by atoms with Crippen molar-refractivity contribution < 1.29 is 22.7 Å². The van der Waals surface area contributed by atoms with E-state index in [2.05, 4.69) is 20.6 Å². The highest BCUT2D eigenvalue weighted by molar-refractivity contribution is 7.13. The molecule has 0 atom stereocenters. The Labute approximate surface area is 172 Å². The summed E-state index contributed by atoms with van der Waals surface area (Å²) in [5, 5.41) is 7.19. The summed E-state index contributed by atoms with van der Waals surface area (Å²) >= 11 is 7.06. The Morgan fingerprint density at radius 2 is 1.97 bits per heavy atom. The van der Waals surface area contributed by atoms with Gasteiger partial charge in [-0.1, -0.05) is 23.7 Å². The summed E-state index contributed by atoms with van der Waals surface area (Å²) in [5.74, 6) is -0.437. The number of methoxy groups -OCH3 is 1. The summed E-state index contributed by atoms with van der Waals surface area (Å²) < 4.78 is 45.0. The first-order chi connectivity index (χ1) is 13.8. The molecule has 11 heteroatoms. The number of anilines is 2. The molecule has 1 amide bonds. The quantitative estimate of drug-likeness (QED) is 0.556. The number of aromatic nitrogens is 2. The second-order valence-corrected chi connectivity index (χ2v) is 7.13. The minimum atomic E-state index is -4.66. The Bertz CT molecular complexity index is 1030. The molecule has 29 heavy (non-hydrogen) atoms. The monoisotopic (exact) mass is 442 g/mol. The number of hydrogen-bond acceptors (Lipinski definition) is 6. The maximum absolute atomic E-state index is 13.2. The molecule has 0 aliphatic rings. The number of nitrogens with zero attached hydrogens (tertiary/aromatic N) is 2. The van der Waals surface area contributed by atoms with Crippen molar-refractivity contribution in [2.24, 2.45) is 0 Å². The molecule has 1 aromatic carbocycles. The second kappa shape index (κ2) is 8.66. The van der Waals surface area contributed by atoms with Gasteiger partial charge in [-0.15, -0.1) is 11.3 Å². The Kier molecular flexibility index (Phi) is 6.23. The largest absolute Gasteiger partial charge is 0.481 e. The highest BCUT2D eigenvalue weighted by Crippen LogP contribution is 2.33. The minimum Gasteiger partial charge on any atom is -0.481 e. The number of alkyl halides is 3. The number of benzene rings is 1. The summed E-state index contributed by atoms with van der Waals surface area (Å²) in [6, 6.07) is 7.51. The SMILES string of the molecule is COc1ccc(NC(=O)c2ccccc2C(F)(F)F)c(NCc2csc(Cl)n2)n1. The second-order valence-electron chi connectivity index (χ2n) is 5.69. The number of carbonyl (C=O) groups is 1. The number of nitrogens with one attached hydrogen (secondary N) is 2. The average Bonchev–Trinajstić information content (AvgIpc) is 3.11. The van der Waals surface area contributed by atoms with E-state index < -0.39 is 23.2 Å². The number of hydrogen-bond donors (Lipinski definition) is 2. The number of carbonyl (C=O) groups excluding carboxylic acids is 1. The van der Waals surface area contributed by atoms with Gasteiger partial charge in [0, 0.05) is 11.4 Å². The Morgan fingerprint density at radius 3 is 2.62 bits per heavy atom. The smallest absolute Gasteiger partial charge is 0.417 e. The fourth-order valence-electron chi connectivity index (χ4n) is 2.45. The van der Waals surface area contributed by atoms with Gasteiger partial charge in [0.15, 0.2) is 10.3 Å². The van der Waals surface area contributed by atoms with Gasteiger partial charge in [0.25, 0.3) is 5.91 Å². The third-order valence-corrected chi connectivity index (χ3v) is 4.79. The van der Waals surface area contributed by atoms with E-state index in [9.17, 15) is 18.0 Å². The van der Waals surface area contributed by atoms with Gasteiger partial charge in [0.2, 0.25) is 5.88 Å². The van der Waals surface area contributed by atoms with E-state index in [4.69, 9.17) is 16.3 Å². The lowest BCUT2D eigenvalue weighted by atomic mass is 10.1. The molecular weight excluding hydrogens is 429 g/mol. The van der Waals surface area contributed by atoms with E-state index in [0.29, 0.717) is 10.2 Å². The minimum absolute atomic E-state index is 0.189. The number of rotatable bonds is 6. The van der Waals surface area contributed by atoms with Crippen LogP contribution in [-0.2, 0) is 12.7 Å². The fourth-order valence-corrected chi connectivity index (χ4v) is 3.23. The zero-order valence-electron chi connectivity index (χ0n) is 14.9. The molecular formula is C18H14ClF3N4O2S. The van der Waals surface area contributed by atoms with E-state index >= 15 is 0 Å². The van der Waals surface area contributed by atoms with Crippen molar-refractivity contribution in [1.82, 2.24) is 9.97 Å². The van der Waals surface area contributed by atoms with Crippen molar-refractivity contribution in [3.8, 4) is 5.88 Å². The summed E-state index contributed by atoms with van der Waals surface area (Å²) in [6.07, 6.45) is -4.66. The van der Waals surface area contributed by atoms with Crippen molar-refractivity contribution in [2.45, 2.75) is 12.7 Å². The van der Waals surface area contributed by atoms with E-state index in [0.717, 1.165) is 12.1 Å². The van der Waals surface area contributed by atoms with Gasteiger partial charge in [0.05, 0.1) is 36.2 Å². The average molecular weight is 443 g/mol. The normalized spacial score (nSPS) is 11.2. The van der Waals surface area contributed by atoms with Gasteiger partial charge in [-0.05, 0) is 18.2 Å². The van der Waals surface area contributed by atoms with Crippen LogP contribution in [0.3, 0.4) is 0 Å². The van der Waals surface area contributed by atoms with Crippen LogP contribution in [0.2, 0.25) is 4.47 Å². The van der Waals surface area contributed by atoms with Crippen molar-refractivity contribution in [1.29, 1.82) is 0 Å². The maximum Gasteiger partial charge on any atom is 0.417 e. The number of amides is 1. The Morgan fingerprint density at radius 1 is 1.21 bits per heavy atom. The molecule has 0 aliphatic heterocycles. The van der Waals surface area contributed by atoms with Crippen molar-refractivity contribution >= 4 is 40.4 Å². The molecule has 6 nitrogen and oxygen atoms in total. The lowest BCUT2D eigenvalue weighted by Crippen LogP contribution is -2.19. The molecule has 152 valence electrons. The third-order valence-electron chi connectivity index (χ3n) is 3.76. The van der Waals surface area contributed by atoms with Crippen LogP contribution in [0.15, 0.2) is 41.8 Å². The first kappa shape index (κ1) is 20.9. The predicted molar refractivity (Wildman–Crippen MR) is 105 cm³/mol. The molecule has 0 bridgehead atoms. The zero-order valence-corrected chi connectivity index (χ0v) is 16.5. The van der Waals surface area contributed by atoms with Gasteiger partial charge in [-0.25, -0.2) is 4.98 Å². The van der Waals surface area contributed by atoms with Crippen LogP contribution in [-0.4, -0.2) is 23.0 Å². The number of ether oxygens (including phenoxy) is 1. The molecule has 0 fully saturated rings. The van der Waals surface area contributed by atoms with Crippen LogP contribution >= 0.6 is 22.9 Å². The van der Waals surface area contributed by atoms with Gasteiger partial charge in [-0.3, -0.25) is 4.79 Å². The summed E-state index contributed by atoms with van der Waals surface area (Å²) in [7, 11) is 1.42. The molecule has 0 unspecified atom stereocenters. The molecule has 3 rings (SSSR count). The van der Waals surface area contributed by atoms with Gasteiger partial charge in [0.1, 0.15) is 0 Å². The molecule has 0 spiro atoms. The van der Waals surface area contributed by atoms with E-state index in [1.165, 1.54) is 42.7 Å². The molecule has 0 aliphatic carbocycles. The molecule has 3 aromatic rings. The lowest BCUT2D eigenvalue weighted by Gasteiger charge is -2.15. The van der Waals surface area contributed by atoms with Crippen molar-refractivity contribution in [2.75, 3.05) is 17.7 Å². The van der Waals surface area contributed by atoms with Crippen LogP contribution in [0.1, 0.15) is 21.6 Å². The number of pyridine rings is 1. The maximum atomic E-state index is 13.2. The van der Waals surface area contributed by atoms with E-state index in [1.807, 2.05) is 0 Å². The summed E-state index contributed by atoms with van der Waals surface area (Å²) in [5.41, 5.74) is -0.683. The zero-order chi connectivity index (χ0) is 21.0. The van der Waals surface area contributed by atoms with E-state index in [-0.39, 0.29) is 23.9 Å². The summed E-state index contributed by atoms with van der Waals surface area (Å²) in [6.45, 7) is 0.241. The van der Waals surface area contributed by atoms with Crippen LogP contribution in [0, 0.1) is 0 Å². The van der Waals surface area contributed by atoms with Crippen molar-refractivity contribution in [3.05, 3.63) is 63.1 Å². The van der Waals surface area contributed by atoms with E-state index in [1.54, 1.807) is 5.38 Å². The summed E-state index contributed by atoms with van der Waals surface area (Å²) in [4.78, 5) is 20.8. The predicted octanol–water partition coefficient (Wildman–Crippen LogP) is 5.08. The number of thiazole rings is 1. The molecule has 2 N–H and O–H groups in total. The fraction of sp³-hybridized carbons (Fsp3) is 0.167. The Hall–Kier alpha value is -2.85. The standard InChI is InChI=1S/C18H14ClF3N4O2S/c1-28-14-7-6-13(15(26-14)23-8-10-9-29-17(19)24-10)25-16(27)11-4-2-3-5-12(11)18(20,21)22/h2-7,9H,8H2,1H3,(H,23,26)(H,25,27). The molecule has 0 saturated heterocycles. The van der Waals surface area contributed by atoms with Crippen LogP contribution in [0.4, 0.5) is 24.7 Å². The first-order valence-electron chi connectivity index (χ1n) is 8.14. The lowest BCUT2D eigenvalue weighted by molar-refractivity contribution is -0.137. The highest BCUT2D eigenvalue weighted by Gasteiger charge is 2.35. The van der Waals surface area contributed by atoms with Crippen molar-refractivity contribution in [3.63, 3.8) is 0 Å². The van der Waals surface area contributed by atoms with Crippen LogP contribution in [0.25, 0.3) is 0 Å². The highest BCUT2D eigenvalue weighted by atomic mass is 35.5. The number of halogens is 4. The molecule has 2 aromatic heterocycles.